The van der Waals surface area contributed by atoms with Gasteiger partial charge in [-0.05, 0) is 17.7 Å². The predicted octanol–water partition coefficient (Wildman–Crippen LogP) is 3.46. The molecule has 1 aromatic rings. The molecule has 74 valence electrons. The highest BCUT2D eigenvalue weighted by atomic mass is 32.2. The van der Waals surface area contributed by atoms with Gasteiger partial charge in [0.25, 0.3) is 5.76 Å². The first-order valence-electron chi connectivity index (χ1n) is 4.09. The van der Waals surface area contributed by atoms with Gasteiger partial charge in [-0.1, -0.05) is 23.9 Å². The van der Waals surface area contributed by atoms with Crippen LogP contribution in [-0.4, -0.2) is 12.3 Å². The van der Waals surface area contributed by atoms with Crippen LogP contribution in [0.1, 0.15) is 5.56 Å². The van der Waals surface area contributed by atoms with E-state index in [4.69, 9.17) is 6.57 Å². The average molecular weight is 213 g/mol. The van der Waals surface area contributed by atoms with Crippen LogP contribution in [0.15, 0.2) is 29.2 Å². The van der Waals surface area contributed by atoms with Gasteiger partial charge in [0.15, 0.2) is 0 Å². The zero-order valence-electron chi connectivity index (χ0n) is 7.41. The van der Waals surface area contributed by atoms with E-state index in [1.165, 1.54) is 0 Å². The van der Waals surface area contributed by atoms with Gasteiger partial charge >= 0.3 is 0 Å². The third kappa shape index (κ3) is 3.75. The van der Waals surface area contributed by atoms with Crippen molar-refractivity contribution in [2.24, 2.45) is 0 Å². The number of benzene rings is 1. The number of alkyl halides is 2. The first-order valence-corrected chi connectivity index (χ1v) is 4.97. The summed E-state index contributed by atoms with van der Waals surface area (Å²) >= 11 is 0.535. The second kappa shape index (κ2) is 5.61. The van der Waals surface area contributed by atoms with Crippen molar-refractivity contribution >= 4 is 11.8 Å². The fraction of sp³-hybridized carbons (Fsp3) is 0.300. The van der Waals surface area contributed by atoms with E-state index in [0.29, 0.717) is 29.6 Å². The molecule has 0 aliphatic heterocycles. The summed E-state index contributed by atoms with van der Waals surface area (Å²) in [7, 11) is 0. The molecule has 0 fully saturated rings. The summed E-state index contributed by atoms with van der Waals surface area (Å²) in [6, 6.07) is 6.95. The van der Waals surface area contributed by atoms with Crippen LogP contribution in [0.2, 0.25) is 0 Å². The Hall–Kier alpha value is -1.08. The molecule has 0 unspecified atom stereocenters. The molecular weight excluding hydrogens is 204 g/mol. The Morgan fingerprint density at radius 1 is 1.43 bits per heavy atom. The molecule has 1 rings (SSSR count). The summed E-state index contributed by atoms with van der Waals surface area (Å²) < 4.78 is 24.0. The molecule has 0 N–H and O–H groups in total. The Balaban J connectivity index is 2.65. The molecule has 0 heterocycles. The summed E-state index contributed by atoms with van der Waals surface area (Å²) in [5, 5.41) is 0. The van der Waals surface area contributed by atoms with Crippen LogP contribution >= 0.6 is 11.8 Å². The topological polar surface area (TPSA) is 4.36 Å². The van der Waals surface area contributed by atoms with Crippen molar-refractivity contribution in [3.05, 3.63) is 41.2 Å². The van der Waals surface area contributed by atoms with Crippen molar-refractivity contribution in [2.45, 2.75) is 17.1 Å². The van der Waals surface area contributed by atoms with Crippen LogP contribution in [0.3, 0.4) is 0 Å². The van der Waals surface area contributed by atoms with Crippen LogP contribution in [0.5, 0.6) is 0 Å². The van der Waals surface area contributed by atoms with Crippen LogP contribution in [-0.2, 0) is 6.42 Å². The SMILES string of the molecule is [C-]#[N+]CCc1cccc(SC(F)F)c1. The number of nitrogens with zero attached hydrogens (tertiary/aromatic N) is 1. The predicted molar refractivity (Wildman–Crippen MR) is 53.5 cm³/mol. The molecule has 0 aromatic heterocycles. The highest BCUT2D eigenvalue weighted by Gasteiger charge is 2.05. The first-order chi connectivity index (χ1) is 6.72. The Bertz CT molecular complexity index is 333. The van der Waals surface area contributed by atoms with Gasteiger partial charge in [0.05, 0.1) is 0 Å². The molecule has 0 saturated heterocycles. The Kier molecular flexibility index (Phi) is 4.41. The van der Waals surface area contributed by atoms with E-state index >= 15 is 0 Å². The van der Waals surface area contributed by atoms with Crippen molar-refractivity contribution in [2.75, 3.05) is 6.54 Å². The lowest BCUT2D eigenvalue weighted by molar-refractivity contribution is 0.252. The lowest BCUT2D eigenvalue weighted by Crippen LogP contribution is -1.88. The smallest absolute Gasteiger partial charge is 0.288 e. The highest BCUT2D eigenvalue weighted by molar-refractivity contribution is 7.99. The third-order valence-electron chi connectivity index (χ3n) is 1.64. The van der Waals surface area contributed by atoms with Crippen LogP contribution in [0, 0.1) is 6.57 Å². The number of rotatable bonds is 4. The minimum Gasteiger partial charge on any atom is -0.317 e. The van der Waals surface area contributed by atoms with Crippen LogP contribution < -0.4 is 0 Å². The van der Waals surface area contributed by atoms with E-state index in [0.717, 1.165) is 5.56 Å². The van der Waals surface area contributed by atoms with Gasteiger partial charge in [-0.2, -0.15) is 8.78 Å². The van der Waals surface area contributed by atoms with Gasteiger partial charge < -0.3 is 4.85 Å². The summed E-state index contributed by atoms with van der Waals surface area (Å²) in [5.74, 6) is -2.38. The standard InChI is InChI=1S/C10H9F2NS/c1-13-6-5-8-3-2-4-9(7-8)14-10(11)12/h2-4,7,10H,5-6H2. The second-order valence-electron chi connectivity index (χ2n) is 2.66. The van der Waals surface area contributed by atoms with Crippen LogP contribution in [0.25, 0.3) is 4.85 Å². The van der Waals surface area contributed by atoms with Gasteiger partial charge in [0.2, 0.25) is 6.54 Å². The molecule has 0 atom stereocenters. The van der Waals surface area contributed by atoms with Crippen molar-refractivity contribution in [1.29, 1.82) is 0 Å². The maximum absolute atomic E-state index is 12.0. The van der Waals surface area contributed by atoms with E-state index in [1.54, 1.807) is 18.2 Å². The summed E-state index contributed by atoms with van der Waals surface area (Å²) in [5.41, 5.74) is 0.937. The molecule has 0 amide bonds. The van der Waals surface area contributed by atoms with Gasteiger partial charge in [0.1, 0.15) is 0 Å². The normalized spacial score (nSPS) is 10.1. The molecule has 0 saturated carbocycles. The van der Waals surface area contributed by atoms with Gasteiger partial charge in [0, 0.05) is 11.3 Å². The minimum absolute atomic E-state index is 0.406. The average Bonchev–Trinajstić information content (AvgIpc) is 2.14. The third-order valence-corrected chi connectivity index (χ3v) is 2.34. The Morgan fingerprint density at radius 3 is 2.86 bits per heavy atom. The summed E-state index contributed by atoms with van der Waals surface area (Å²) in [6.45, 7) is 7.02. The maximum Gasteiger partial charge on any atom is 0.288 e. The number of hydrogen-bond acceptors (Lipinski definition) is 1. The zero-order chi connectivity index (χ0) is 10.4. The molecular formula is C10H9F2NS. The molecule has 0 aliphatic carbocycles. The highest BCUT2D eigenvalue weighted by Crippen LogP contribution is 2.25. The minimum atomic E-state index is -2.38. The van der Waals surface area contributed by atoms with Crippen molar-refractivity contribution in [3.63, 3.8) is 0 Å². The summed E-state index contributed by atoms with van der Waals surface area (Å²) in [6.07, 6.45) is 0.626. The molecule has 0 spiro atoms. The molecule has 0 aliphatic rings. The van der Waals surface area contributed by atoms with E-state index in [9.17, 15) is 8.78 Å². The zero-order valence-corrected chi connectivity index (χ0v) is 8.23. The molecule has 4 heteroatoms. The molecule has 0 radical (unpaired) electrons. The fourth-order valence-corrected chi connectivity index (χ4v) is 1.64. The van der Waals surface area contributed by atoms with E-state index < -0.39 is 5.76 Å². The quantitative estimate of drug-likeness (QED) is 0.547. The number of halogens is 2. The van der Waals surface area contributed by atoms with Crippen molar-refractivity contribution < 1.29 is 8.78 Å². The monoisotopic (exact) mass is 213 g/mol. The largest absolute Gasteiger partial charge is 0.317 e. The van der Waals surface area contributed by atoms with Crippen LogP contribution in [0.4, 0.5) is 8.78 Å². The second-order valence-corrected chi connectivity index (χ2v) is 3.72. The van der Waals surface area contributed by atoms with Crippen molar-refractivity contribution in [1.82, 2.24) is 0 Å². The lowest BCUT2D eigenvalue weighted by Gasteiger charge is -2.01. The molecule has 14 heavy (non-hydrogen) atoms. The molecule has 0 bridgehead atoms. The van der Waals surface area contributed by atoms with E-state index in [1.807, 2.05) is 6.07 Å². The lowest BCUT2D eigenvalue weighted by atomic mass is 10.1. The maximum atomic E-state index is 12.0. The molecule has 1 aromatic carbocycles. The summed E-state index contributed by atoms with van der Waals surface area (Å²) in [4.78, 5) is 3.77. The number of thioether (sulfide) groups is 1. The van der Waals surface area contributed by atoms with Gasteiger partial charge in [-0.3, -0.25) is 0 Å². The Morgan fingerprint density at radius 2 is 2.21 bits per heavy atom. The van der Waals surface area contributed by atoms with Crippen molar-refractivity contribution in [3.8, 4) is 0 Å². The van der Waals surface area contributed by atoms with E-state index in [-0.39, 0.29) is 0 Å². The Labute approximate surface area is 85.9 Å². The fourth-order valence-electron chi connectivity index (χ4n) is 1.06. The van der Waals surface area contributed by atoms with Gasteiger partial charge in [-0.25, -0.2) is 6.57 Å². The molecule has 1 nitrogen and oxygen atoms in total. The van der Waals surface area contributed by atoms with E-state index in [2.05, 4.69) is 4.85 Å². The number of hydrogen-bond donors (Lipinski definition) is 0. The van der Waals surface area contributed by atoms with Gasteiger partial charge in [-0.15, -0.1) is 0 Å². The first kappa shape index (κ1) is 11.0.